The van der Waals surface area contributed by atoms with Crippen molar-refractivity contribution in [3.63, 3.8) is 0 Å². The van der Waals surface area contributed by atoms with Crippen molar-refractivity contribution in [2.24, 2.45) is 0 Å². The Bertz CT molecular complexity index is 542. The van der Waals surface area contributed by atoms with Gasteiger partial charge in [-0.05, 0) is 44.5 Å². The van der Waals surface area contributed by atoms with Gasteiger partial charge in [-0.1, -0.05) is 27.5 Å². The number of carboxylic acid groups (broad SMARTS) is 1. The maximum Gasteiger partial charge on any atom is 0.408 e. The highest BCUT2D eigenvalue weighted by Gasteiger charge is 2.24. The molecule has 1 rings (SSSR count). The summed E-state index contributed by atoms with van der Waals surface area (Å²) < 4.78 is 5.88. The Morgan fingerprint density at radius 2 is 2.05 bits per heavy atom. The Morgan fingerprint density at radius 3 is 2.57 bits per heavy atom. The quantitative estimate of drug-likeness (QED) is 0.825. The first kappa shape index (κ1) is 17.8. The number of carboxylic acids is 1. The molecule has 5 nitrogen and oxygen atoms in total. The first-order valence-electron chi connectivity index (χ1n) is 6.25. The number of hydrogen-bond donors (Lipinski definition) is 2. The van der Waals surface area contributed by atoms with Gasteiger partial charge >= 0.3 is 12.1 Å². The van der Waals surface area contributed by atoms with E-state index in [0.717, 1.165) is 4.47 Å². The lowest BCUT2D eigenvalue weighted by molar-refractivity contribution is -0.137. The molecule has 0 aliphatic heterocycles. The SMILES string of the molecule is CC(C)(C)OC(=O)N[C@H](CC(=O)O)c1cc(Br)ccc1Cl. The lowest BCUT2D eigenvalue weighted by Crippen LogP contribution is -2.35. The van der Waals surface area contributed by atoms with Gasteiger partial charge in [-0.15, -0.1) is 0 Å². The third-order valence-corrected chi connectivity index (χ3v) is 3.24. The molecular weight excluding hydrogens is 362 g/mol. The molecule has 0 radical (unpaired) electrons. The fraction of sp³-hybridized carbons (Fsp3) is 0.429. The number of benzene rings is 1. The molecule has 0 heterocycles. The van der Waals surface area contributed by atoms with Crippen LogP contribution in [0.5, 0.6) is 0 Å². The normalized spacial score (nSPS) is 12.6. The molecule has 1 atom stereocenters. The second-order valence-electron chi connectivity index (χ2n) is 5.46. The van der Waals surface area contributed by atoms with Gasteiger partial charge in [0.15, 0.2) is 0 Å². The Labute approximate surface area is 136 Å². The molecule has 116 valence electrons. The van der Waals surface area contributed by atoms with Crippen LogP contribution in [-0.4, -0.2) is 22.8 Å². The minimum atomic E-state index is -1.05. The topological polar surface area (TPSA) is 75.6 Å². The van der Waals surface area contributed by atoms with Crippen molar-refractivity contribution >= 4 is 39.6 Å². The van der Waals surface area contributed by atoms with E-state index in [9.17, 15) is 9.59 Å². The van der Waals surface area contributed by atoms with Gasteiger partial charge in [0.1, 0.15) is 5.60 Å². The monoisotopic (exact) mass is 377 g/mol. The Balaban J connectivity index is 2.98. The number of amides is 1. The maximum absolute atomic E-state index is 11.8. The zero-order valence-corrected chi connectivity index (χ0v) is 14.3. The summed E-state index contributed by atoms with van der Waals surface area (Å²) in [4.78, 5) is 22.8. The maximum atomic E-state index is 11.8. The third-order valence-electron chi connectivity index (χ3n) is 2.40. The molecular formula is C14H17BrClNO4. The van der Waals surface area contributed by atoms with Crippen molar-refractivity contribution in [1.82, 2.24) is 5.32 Å². The second kappa shape index (κ2) is 7.13. The van der Waals surface area contributed by atoms with E-state index in [2.05, 4.69) is 21.2 Å². The highest BCUT2D eigenvalue weighted by Crippen LogP contribution is 2.28. The Kier molecular flexibility index (Phi) is 6.04. The smallest absolute Gasteiger partial charge is 0.408 e. The minimum absolute atomic E-state index is 0.296. The predicted molar refractivity (Wildman–Crippen MR) is 83.5 cm³/mol. The lowest BCUT2D eigenvalue weighted by atomic mass is 10.0. The van der Waals surface area contributed by atoms with Crippen molar-refractivity contribution in [2.45, 2.75) is 38.8 Å². The largest absolute Gasteiger partial charge is 0.481 e. The number of aliphatic carboxylic acids is 1. The molecule has 1 amide bonds. The highest BCUT2D eigenvalue weighted by molar-refractivity contribution is 9.10. The zero-order chi connectivity index (χ0) is 16.2. The van der Waals surface area contributed by atoms with Crippen molar-refractivity contribution < 1.29 is 19.4 Å². The van der Waals surface area contributed by atoms with Crippen LogP contribution < -0.4 is 5.32 Å². The van der Waals surface area contributed by atoms with Gasteiger partial charge in [-0.3, -0.25) is 4.79 Å². The number of nitrogens with one attached hydrogen (secondary N) is 1. The van der Waals surface area contributed by atoms with Crippen molar-refractivity contribution in [1.29, 1.82) is 0 Å². The van der Waals surface area contributed by atoms with E-state index in [1.807, 2.05) is 0 Å². The Hall–Kier alpha value is -1.27. The molecule has 0 aromatic heterocycles. The summed E-state index contributed by atoms with van der Waals surface area (Å²) in [6.45, 7) is 5.18. The van der Waals surface area contributed by atoms with Crippen LogP contribution in [0.15, 0.2) is 22.7 Å². The molecule has 7 heteroatoms. The van der Waals surface area contributed by atoms with Gasteiger partial charge in [-0.25, -0.2) is 4.79 Å². The van der Waals surface area contributed by atoms with E-state index in [-0.39, 0.29) is 6.42 Å². The van der Waals surface area contributed by atoms with Crippen LogP contribution in [0.4, 0.5) is 4.79 Å². The molecule has 0 fully saturated rings. The minimum Gasteiger partial charge on any atom is -0.481 e. The summed E-state index contributed by atoms with van der Waals surface area (Å²) in [5.41, 5.74) is -0.154. The van der Waals surface area contributed by atoms with Gasteiger partial charge in [0.25, 0.3) is 0 Å². The van der Waals surface area contributed by atoms with E-state index in [0.29, 0.717) is 10.6 Å². The summed E-state index contributed by atoms with van der Waals surface area (Å²) in [6, 6.07) is 4.26. The average molecular weight is 379 g/mol. The predicted octanol–water partition coefficient (Wildman–Crippen LogP) is 4.14. The van der Waals surface area contributed by atoms with Crippen LogP contribution in [0, 0.1) is 0 Å². The summed E-state index contributed by atoms with van der Waals surface area (Å²) in [7, 11) is 0. The number of alkyl carbamates (subject to hydrolysis) is 1. The first-order valence-corrected chi connectivity index (χ1v) is 7.42. The standard InChI is InChI=1S/C14H17BrClNO4/c1-14(2,3)21-13(20)17-11(7-12(18)19)9-6-8(15)4-5-10(9)16/h4-6,11H,7H2,1-3H3,(H,17,20)(H,18,19)/t11-/m1/s1. The fourth-order valence-corrected chi connectivity index (χ4v) is 2.27. The van der Waals surface area contributed by atoms with Crippen LogP contribution in [0.3, 0.4) is 0 Å². The summed E-state index contributed by atoms with van der Waals surface area (Å²) in [6.07, 6.45) is -0.986. The summed E-state index contributed by atoms with van der Waals surface area (Å²) in [5.74, 6) is -1.05. The van der Waals surface area contributed by atoms with Gasteiger partial charge in [0.2, 0.25) is 0 Å². The second-order valence-corrected chi connectivity index (χ2v) is 6.79. The molecule has 2 N–H and O–H groups in total. The number of ether oxygens (including phenoxy) is 1. The lowest BCUT2D eigenvalue weighted by Gasteiger charge is -2.23. The molecule has 0 spiro atoms. The Morgan fingerprint density at radius 1 is 1.43 bits per heavy atom. The van der Waals surface area contributed by atoms with Crippen LogP contribution >= 0.6 is 27.5 Å². The molecule has 0 aliphatic rings. The van der Waals surface area contributed by atoms with Crippen molar-refractivity contribution in [3.05, 3.63) is 33.3 Å². The summed E-state index contributed by atoms with van der Waals surface area (Å²) >= 11 is 9.38. The van der Waals surface area contributed by atoms with Crippen LogP contribution in [0.2, 0.25) is 5.02 Å². The average Bonchev–Trinajstić information content (AvgIpc) is 2.28. The molecule has 21 heavy (non-hydrogen) atoms. The fourth-order valence-electron chi connectivity index (χ4n) is 1.64. The molecule has 0 saturated carbocycles. The number of halogens is 2. The van der Waals surface area contributed by atoms with Crippen LogP contribution in [0.25, 0.3) is 0 Å². The van der Waals surface area contributed by atoms with Gasteiger partial charge in [0.05, 0.1) is 12.5 Å². The highest BCUT2D eigenvalue weighted by atomic mass is 79.9. The first-order chi connectivity index (χ1) is 9.58. The summed E-state index contributed by atoms with van der Waals surface area (Å²) in [5, 5.41) is 11.9. The van der Waals surface area contributed by atoms with E-state index >= 15 is 0 Å². The van der Waals surface area contributed by atoms with Gasteiger partial charge < -0.3 is 15.2 Å². The van der Waals surface area contributed by atoms with Gasteiger partial charge in [0, 0.05) is 9.50 Å². The molecule has 0 saturated heterocycles. The van der Waals surface area contributed by atoms with E-state index in [1.54, 1.807) is 39.0 Å². The number of hydrogen-bond acceptors (Lipinski definition) is 3. The number of rotatable bonds is 4. The van der Waals surface area contributed by atoms with E-state index in [4.69, 9.17) is 21.4 Å². The molecule has 0 bridgehead atoms. The molecule has 1 aromatic rings. The van der Waals surface area contributed by atoms with Crippen molar-refractivity contribution in [3.8, 4) is 0 Å². The molecule has 1 aromatic carbocycles. The van der Waals surface area contributed by atoms with Crippen LogP contribution in [0.1, 0.15) is 38.8 Å². The van der Waals surface area contributed by atoms with Crippen LogP contribution in [-0.2, 0) is 9.53 Å². The number of carbonyl (C=O) groups excluding carboxylic acids is 1. The van der Waals surface area contributed by atoms with Crippen molar-refractivity contribution in [2.75, 3.05) is 0 Å². The third kappa shape index (κ3) is 6.35. The molecule has 0 aliphatic carbocycles. The van der Waals surface area contributed by atoms with E-state index < -0.39 is 23.7 Å². The van der Waals surface area contributed by atoms with Gasteiger partial charge in [-0.2, -0.15) is 0 Å². The zero-order valence-electron chi connectivity index (χ0n) is 11.9. The molecule has 0 unspecified atom stereocenters. The van der Waals surface area contributed by atoms with E-state index in [1.165, 1.54) is 0 Å². The number of carbonyl (C=O) groups is 2.